The monoisotopic (exact) mass is 218 g/mol. The molecule has 0 saturated carbocycles. The zero-order valence-electron chi connectivity index (χ0n) is 10.4. The van der Waals surface area contributed by atoms with Crippen LogP contribution in [0.25, 0.3) is 0 Å². The number of rotatable bonds is 3. The molecule has 2 heteroatoms. The Morgan fingerprint density at radius 1 is 1.06 bits per heavy atom. The number of benzene rings is 1. The number of hydrogen-bond donors (Lipinski definition) is 0. The molecule has 0 aliphatic carbocycles. The Labute approximate surface area is 98.9 Å². The van der Waals surface area contributed by atoms with Crippen LogP contribution in [0.4, 0.5) is 0 Å². The fourth-order valence-corrected chi connectivity index (χ4v) is 2.53. The lowest BCUT2D eigenvalue weighted by atomic mass is 10.0. The van der Waals surface area contributed by atoms with Crippen molar-refractivity contribution in [2.75, 3.05) is 32.7 Å². The SMILES string of the molecule is CCN1CCN(CC)[C@H](c2ccccc2)C1. The molecule has 1 fully saturated rings. The van der Waals surface area contributed by atoms with Gasteiger partial charge in [0, 0.05) is 25.7 Å². The molecule has 0 amide bonds. The van der Waals surface area contributed by atoms with Gasteiger partial charge in [0.15, 0.2) is 0 Å². The predicted molar refractivity (Wildman–Crippen MR) is 68.5 cm³/mol. The van der Waals surface area contributed by atoms with E-state index in [1.165, 1.54) is 31.7 Å². The number of likely N-dealkylation sites (N-methyl/N-ethyl adjacent to an activating group) is 2. The average molecular weight is 218 g/mol. The maximum atomic E-state index is 2.58. The van der Waals surface area contributed by atoms with Gasteiger partial charge < -0.3 is 4.90 Å². The van der Waals surface area contributed by atoms with Crippen molar-refractivity contribution in [3.05, 3.63) is 35.9 Å². The average Bonchev–Trinajstić information content (AvgIpc) is 2.39. The molecule has 0 aromatic heterocycles. The maximum Gasteiger partial charge on any atom is 0.0475 e. The zero-order valence-corrected chi connectivity index (χ0v) is 10.4. The second-order valence-electron chi connectivity index (χ2n) is 4.45. The van der Waals surface area contributed by atoms with Crippen LogP contribution in [0.15, 0.2) is 30.3 Å². The lowest BCUT2D eigenvalue weighted by Crippen LogP contribution is -2.48. The van der Waals surface area contributed by atoms with Crippen molar-refractivity contribution in [2.24, 2.45) is 0 Å². The second kappa shape index (κ2) is 5.46. The molecule has 0 bridgehead atoms. The molecule has 1 aliphatic heterocycles. The van der Waals surface area contributed by atoms with Gasteiger partial charge in [0.2, 0.25) is 0 Å². The molecule has 1 aromatic rings. The van der Waals surface area contributed by atoms with Crippen LogP contribution in [0.1, 0.15) is 25.5 Å². The van der Waals surface area contributed by atoms with Crippen molar-refractivity contribution in [2.45, 2.75) is 19.9 Å². The molecule has 16 heavy (non-hydrogen) atoms. The van der Waals surface area contributed by atoms with Crippen molar-refractivity contribution in [3.63, 3.8) is 0 Å². The molecule has 88 valence electrons. The zero-order chi connectivity index (χ0) is 11.4. The highest BCUT2D eigenvalue weighted by Crippen LogP contribution is 2.24. The van der Waals surface area contributed by atoms with E-state index in [1.54, 1.807) is 0 Å². The van der Waals surface area contributed by atoms with Crippen molar-refractivity contribution < 1.29 is 0 Å². The van der Waals surface area contributed by atoms with E-state index in [2.05, 4.69) is 54.0 Å². The Bertz CT molecular complexity index is 310. The minimum Gasteiger partial charge on any atom is -0.300 e. The third-order valence-corrected chi connectivity index (χ3v) is 3.61. The van der Waals surface area contributed by atoms with E-state index in [9.17, 15) is 0 Å². The van der Waals surface area contributed by atoms with Gasteiger partial charge in [-0.2, -0.15) is 0 Å². The van der Waals surface area contributed by atoms with Crippen LogP contribution in [0, 0.1) is 0 Å². The second-order valence-corrected chi connectivity index (χ2v) is 4.45. The fraction of sp³-hybridized carbons (Fsp3) is 0.571. The van der Waals surface area contributed by atoms with E-state index < -0.39 is 0 Å². The van der Waals surface area contributed by atoms with Crippen molar-refractivity contribution in [1.29, 1.82) is 0 Å². The highest BCUT2D eigenvalue weighted by atomic mass is 15.3. The van der Waals surface area contributed by atoms with E-state index in [0.717, 1.165) is 6.54 Å². The Hall–Kier alpha value is -0.860. The summed E-state index contributed by atoms with van der Waals surface area (Å²) in [6.45, 7) is 10.4. The van der Waals surface area contributed by atoms with Crippen molar-refractivity contribution in [3.8, 4) is 0 Å². The summed E-state index contributed by atoms with van der Waals surface area (Å²) in [4.78, 5) is 5.13. The summed E-state index contributed by atoms with van der Waals surface area (Å²) >= 11 is 0. The molecule has 0 spiro atoms. The highest BCUT2D eigenvalue weighted by Gasteiger charge is 2.25. The van der Waals surface area contributed by atoms with Crippen LogP contribution in [0.3, 0.4) is 0 Å². The van der Waals surface area contributed by atoms with Crippen molar-refractivity contribution >= 4 is 0 Å². The first-order valence-electron chi connectivity index (χ1n) is 6.36. The highest BCUT2D eigenvalue weighted by molar-refractivity contribution is 5.20. The maximum absolute atomic E-state index is 2.58. The Morgan fingerprint density at radius 2 is 1.81 bits per heavy atom. The molecular weight excluding hydrogens is 196 g/mol. The van der Waals surface area contributed by atoms with Crippen LogP contribution in [-0.4, -0.2) is 42.5 Å². The number of nitrogens with zero attached hydrogens (tertiary/aromatic N) is 2. The van der Waals surface area contributed by atoms with Gasteiger partial charge >= 0.3 is 0 Å². The molecular formula is C14H22N2. The molecule has 0 unspecified atom stereocenters. The van der Waals surface area contributed by atoms with E-state index in [-0.39, 0.29) is 0 Å². The lowest BCUT2D eigenvalue weighted by Gasteiger charge is -2.41. The molecule has 1 heterocycles. The molecule has 1 atom stereocenters. The summed E-state index contributed by atoms with van der Waals surface area (Å²) in [5.41, 5.74) is 1.46. The molecule has 0 N–H and O–H groups in total. The van der Waals surface area contributed by atoms with Gasteiger partial charge in [-0.15, -0.1) is 0 Å². The van der Waals surface area contributed by atoms with Gasteiger partial charge in [-0.3, -0.25) is 4.90 Å². The summed E-state index contributed by atoms with van der Waals surface area (Å²) in [5.74, 6) is 0. The molecule has 0 radical (unpaired) electrons. The largest absolute Gasteiger partial charge is 0.300 e. The summed E-state index contributed by atoms with van der Waals surface area (Å²) < 4.78 is 0. The van der Waals surface area contributed by atoms with Crippen LogP contribution < -0.4 is 0 Å². The summed E-state index contributed by atoms with van der Waals surface area (Å²) in [6, 6.07) is 11.5. The van der Waals surface area contributed by atoms with Crippen LogP contribution in [0.2, 0.25) is 0 Å². The molecule has 2 nitrogen and oxygen atoms in total. The minimum atomic E-state index is 0.583. The van der Waals surface area contributed by atoms with Gasteiger partial charge in [0.05, 0.1) is 0 Å². The minimum absolute atomic E-state index is 0.583. The smallest absolute Gasteiger partial charge is 0.0475 e. The van der Waals surface area contributed by atoms with Crippen LogP contribution >= 0.6 is 0 Å². The van der Waals surface area contributed by atoms with Gasteiger partial charge in [-0.1, -0.05) is 44.2 Å². The fourth-order valence-electron chi connectivity index (χ4n) is 2.53. The number of piperazine rings is 1. The Morgan fingerprint density at radius 3 is 2.44 bits per heavy atom. The third-order valence-electron chi connectivity index (χ3n) is 3.61. The number of hydrogen-bond acceptors (Lipinski definition) is 2. The Kier molecular flexibility index (Phi) is 3.97. The first kappa shape index (κ1) is 11.6. The molecule has 1 aliphatic rings. The lowest BCUT2D eigenvalue weighted by molar-refractivity contribution is 0.0820. The van der Waals surface area contributed by atoms with Gasteiger partial charge in [-0.25, -0.2) is 0 Å². The quantitative estimate of drug-likeness (QED) is 0.768. The normalized spacial score (nSPS) is 23.5. The van der Waals surface area contributed by atoms with E-state index in [0.29, 0.717) is 6.04 Å². The van der Waals surface area contributed by atoms with Crippen molar-refractivity contribution in [1.82, 2.24) is 9.80 Å². The first-order valence-corrected chi connectivity index (χ1v) is 6.36. The third kappa shape index (κ3) is 2.45. The first-order chi connectivity index (χ1) is 7.85. The van der Waals surface area contributed by atoms with Crippen LogP contribution in [0.5, 0.6) is 0 Å². The van der Waals surface area contributed by atoms with E-state index >= 15 is 0 Å². The molecule has 1 aromatic carbocycles. The van der Waals surface area contributed by atoms with Crippen LogP contribution in [-0.2, 0) is 0 Å². The van der Waals surface area contributed by atoms with Gasteiger partial charge in [0.1, 0.15) is 0 Å². The molecule has 2 rings (SSSR count). The van der Waals surface area contributed by atoms with E-state index in [4.69, 9.17) is 0 Å². The Balaban J connectivity index is 2.15. The standard InChI is InChI=1S/C14H22N2/c1-3-15-10-11-16(4-2)14(12-15)13-8-6-5-7-9-13/h5-9,14H,3-4,10-12H2,1-2H3/t14-/m0/s1. The topological polar surface area (TPSA) is 6.48 Å². The van der Waals surface area contributed by atoms with E-state index in [1.807, 2.05) is 0 Å². The summed E-state index contributed by atoms with van der Waals surface area (Å²) in [7, 11) is 0. The van der Waals surface area contributed by atoms with Gasteiger partial charge in [-0.05, 0) is 18.7 Å². The summed E-state index contributed by atoms with van der Waals surface area (Å²) in [5, 5.41) is 0. The molecule has 1 saturated heterocycles. The predicted octanol–water partition coefficient (Wildman–Crippen LogP) is 2.39. The summed E-state index contributed by atoms with van der Waals surface area (Å²) in [6.07, 6.45) is 0. The van der Waals surface area contributed by atoms with Gasteiger partial charge in [0.25, 0.3) is 0 Å².